The lowest BCUT2D eigenvalue weighted by atomic mass is 10.1. The number of amides is 1. The van der Waals surface area contributed by atoms with E-state index in [1.54, 1.807) is 7.11 Å². The van der Waals surface area contributed by atoms with E-state index >= 15 is 0 Å². The molecule has 0 heterocycles. The second-order valence-corrected chi connectivity index (χ2v) is 5.10. The van der Waals surface area contributed by atoms with Gasteiger partial charge in [0, 0.05) is 23.8 Å². The lowest BCUT2D eigenvalue weighted by Crippen LogP contribution is -2.39. The van der Waals surface area contributed by atoms with E-state index in [1.165, 1.54) is 0 Å². The molecule has 0 radical (unpaired) electrons. The number of carbonyl (C=O) groups excluding carboxylic acids is 1. The number of benzene rings is 1. The fourth-order valence-electron chi connectivity index (χ4n) is 2.01. The molecule has 1 aromatic carbocycles. The van der Waals surface area contributed by atoms with Gasteiger partial charge >= 0.3 is 0 Å². The van der Waals surface area contributed by atoms with E-state index in [1.807, 2.05) is 39.0 Å². The van der Waals surface area contributed by atoms with Crippen LogP contribution in [0.2, 0.25) is 0 Å². The normalized spacial score (nSPS) is 10.9. The van der Waals surface area contributed by atoms with Crippen molar-refractivity contribution < 1.29 is 9.53 Å². The van der Waals surface area contributed by atoms with E-state index in [-0.39, 0.29) is 11.9 Å². The molecular formula is C15H25N3O2. The number of nitrogens with zero attached hydrogens (tertiary/aromatic N) is 1. The molecule has 0 saturated heterocycles. The smallest absolute Gasteiger partial charge is 0.234 e. The average Bonchev–Trinajstić information content (AvgIpc) is 2.37. The monoisotopic (exact) mass is 279 g/mol. The van der Waals surface area contributed by atoms with Gasteiger partial charge < -0.3 is 15.8 Å². The Kier molecular flexibility index (Phi) is 6.31. The van der Waals surface area contributed by atoms with Gasteiger partial charge in [-0.3, -0.25) is 9.69 Å². The fraction of sp³-hybridized carbons (Fsp3) is 0.533. The predicted molar refractivity (Wildman–Crippen MR) is 81.6 cm³/mol. The maximum atomic E-state index is 11.8. The van der Waals surface area contributed by atoms with E-state index in [0.717, 1.165) is 17.9 Å². The van der Waals surface area contributed by atoms with E-state index in [2.05, 4.69) is 10.2 Å². The molecule has 5 heteroatoms. The number of nitrogens with one attached hydrogen (secondary N) is 1. The maximum Gasteiger partial charge on any atom is 0.234 e. The first-order chi connectivity index (χ1) is 9.46. The SMILES string of the molecule is CCN(CC(=O)NC(C)C)Cc1cc(N)ccc1OC. The van der Waals surface area contributed by atoms with Crippen molar-refractivity contribution in [2.45, 2.75) is 33.4 Å². The van der Waals surface area contributed by atoms with Crippen molar-refractivity contribution in [3.8, 4) is 5.75 Å². The Bertz CT molecular complexity index is 447. The number of rotatable bonds is 7. The zero-order valence-electron chi connectivity index (χ0n) is 12.8. The van der Waals surface area contributed by atoms with Gasteiger partial charge in [0.2, 0.25) is 5.91 Å². The topological polar surface area (TPSA) is 67.6 Å². The molecule has 0 unspecified atom stereocenters. The number of likely N-dealkylation sites (N-methyl/N-ethyl adjacent to an activating group) is 1. The first kappa shape index (κ1) is 16.3. The van der Waals surface area contributed by atoms with Crippen LogP contribution >= 0.6 is 0 Å². The van der Waals surface area contributed by atoms with Crippen LogP contribution in [0.5, 0.6) is 5.75 Å². The minimum absolute atomic E-state index is 0.0321. The molecule has 0 atom stereocenters. The number of hydrogen-bond donors (Lipinski definition) is 2. The molecule has 1 aromatic rings. The van der Waals surface area contributed by atoms with Crippen molar-refractivity contribution in [3.63, 3.8) is 0 Å². The third kappa shape index (κ3) is 5.09. The molecule has 0 saturated carbocycles. The summed E-state index contributed by atoms with van der Waals surface area (Å²) in [6, 6.07) is 5.71. The highest BCUT2D eigenvalue weighted by atomic mass is 16.5. The van der Waals surface area contributed by atoms with Crippen molar-refractivity contribution in [1.29, 1.82) is 0 Å². The minimum atomic E-state index is 0.0321. The third-order valence-corrected chi connectivity index (χ3v) is 2.96. The number of hydrogen-bond acceptors (Lipinski definition) is 4. The van der Waals surface area contributed by atoms with Crippen LogP contribution in [-0.2, 0) is 11.3 Å². The highest BCUT2D eigenvalue weighted by Crippen LogP contribution is 2.22. The van der Waals surface area contributed by atoms with Crippen molar-refractivity contribution >= 4 is 11.6 Å². The Morgan fingerprint density at radius 1 is 1.45 bits per heavy atom. The van der Waals surface area contributed by atoms with Gasteiger partial charge in [0.05, 0.1) is 13.7 Å². The molecule has 0 fully saturated rings. The van der Waals surface area contributed by atoms with Crippen LogP contribution in [-0.4, -0.2) is 37.0 Å². The number of carbonyl (C=O) groups is 1. The highest BCUT2D eigenvalue weighted by Gasteiger charge is 2.13. The second-order valence-electron chi connectivity index (χ2n) is 5.10. The zero-order valence-corrected chi connectivity index (χ0v) is 12.8. The van der Waals surface area contributed by atoms with Gasteiger partial charge in [-0.25, -0.2) is 0 Å². The van der Waals surface area contributed by atoms with Crippen LogP contribution in [0.4, 0.5) is 5.69 Å². The lowest BCUT2D eigenvalue weighted by Gasteiger charge is -2.22. The van der Waals surface area contributed by atoms with E-state index in [0.29, 0.717) is 18.8 Å². The molecule has 3 N–H and O–H groups in total. The first-order valence-corrected chi connectivity index (χ1v) is 6.90. The Labute approximate surface area is 121 Å². The standard InChI is InChI=1S/C15H25N3O2/c1-5-18(10-15(19)17-11(2)3)9-12-8-13(16)6-7-14(12)20-4/h6-8,11H,5,9-10,16H2,1-4H3,(H,17,19). The van der Waals surface area contributed by atoms with Gasteiger partial charge in [-0.05, 0) is 38.6 Å². The summed E-state index contributed by atoms with van der Waals surface area (Å²) >= 11 is 0. The minimum Gasteiger partial charge on any atom is -0.496 e. The summed E-state index contributed by atoms with van der Waals surface area (Å²) in [6.07, 6.45) is 0. The van der Waals surface area contributed by atoms with Crippen LogP contribution in [0.15, 0.2) is 18.2 Å². The predicted octanol–water partition coefficient (Wildman–Crippen LogP) is 1.62. The van der Waals surface area contributed by atoms with Gasteiger partial charge in [0.15, 0.2) is 0 Å². The summed E-state index contributed by atoms with van der Waals surface area (Å²) < 4.78 is 5.33. The Morgan fingerprint density at radius 2 is 2.15 bits per heavy atom. The molecule has 0 aliphatic carbocycles. The van der Waals surface area contributed by atoms with Gasteiger partial charge in [-0.2, -0.15) is 0 Å². The number of methoxy groups -OCH3 is 1. The van der Waals surface area contributed by atoms with Crippen molar-refractivity contribution in [1.82, 2.24) is 10.2 Å². The molecular weight excluding hydrogens is 254 g/mol. The number of nitrogens with two attached hydrogens (primary N) is 1. The van der Waals surface area contributed by atoms with Gasteiger partial charge in [-0.15, -0.1) is 0 Å². The van der Waals surface area contributed by atoms with E-state index in [9.17, 15) is 4.79 Å². The molecule has 1 amide bonds. The molecule has 0 aliphatic rings. The summed E-state index contributed by atoms with van der Waals surface area (Å²) in [7, 11) is 1.64. The average molecular weight is 279 g/mol. The summed E-state index contributed by atoms with van der Waals surface area (Å²) in [5.74, 6) is 0.826. The molecule has 0 aliphatic heterocycles. The molecule has 112 valence electrons. The van der Waals surface area contributed by atoms with E-state index < -0.39 is 0 Å². The maximum absolute atomic E-state index is 11.8. The number of ether oxygens (including phenoxy) is 1. The van der Waals surface area contributed by atoms with Crippen molar-refractivity contribution in [2.75, 3.05) is 25.9 Å². The first-order valence-electron chi connectivity index (χ1n) is 6.90. The third-order valence-electron chi connectivity index (χ3n) is 2.96. The Morgan fingerprint density at radius 3 is 2.70 bits per heavy atom. The summed E-state index contributed by atoms with van der Waals surface area (Å²) in [4.78, 5) is 13.9. The van der Waals surface area contributed by atoms with Gasteiger partial charge in [0.1, 0.15) is 5.75 Å². The molecule has 20 heavy (non-hydrogen) atoms. The number of anilines is 1. The molecule has 0 spiro atoms. The Balaban J connectivity index is 2.73. The fourth-order valence-corrected chi connectivity index (χ4v) is 2.01. The Hall–Kier alpha value is -1.75. The summed E-state index contributed by atoms with van der Waals surface area (Å²) in [6.45, 7) is 7.72. The van der Waals surface area contributed by atoms with Crippen molar-refractivity contribution in [3.05, 3.63) is 23.8 Å². The quantitative estimate of drug-likeness (QED) is 0.744. The van der Waals surface area contributed by atoms with Crippen LogP contribution in [0.1, 0.15) is 26.3 Å². The van der Waals surface area contributed by atoms with E-state index in [4.69, 9.17) is 10.5 Å². The molecule has 0 bridgehead atoms. The summed E-state index contributed by atoms with van der Waals surface area (Å²) in [5, 5.41) is 2.90. The largest absolute Gasteiger partial charge is 0.496 e. The zero-order chi connectivity index (χ0) is 15.1. The van der Waals surface area contributed by atoms with Crippen molar-refractivity contribution in [2.24, 2.45) is 0 Å². The van der Waals surface area contributed by atoms with Gasteiger partial charge in [0.25, 0.3) is 0 Å². The van der Waals surface area contributed by atoms with Crippen LogP contribution in [0, 0.1) is 0 Å². The molecule has 5 nitrogen and oxygen atoms in total. The van der Waals surface area contributed by atoms with Gasteiger partial charge in [-0.1, -0.05) is 6.92 Å². The van der Waals surface area contributed by atoms with Crippen LogP contribution < -0.4 is 15.8 Å². The number of nitrogen functional groups attached to an aromatic ring is 1. The van der Waals surface area contributed by atoms with Crippen LogP contribution in [0.25, 0.3) is 0 Å². The van der Waals surface area contributed by atoms with Crippen LogP contribution in [0.3, 0.4) is 0 Å². The summed E-state index contributed by atoms with van der Waals surface area (Å²) in [5.41, 5.74) is 7.50. The highest BCUT2D eigenvalue weighted by molar-refractivity contribution is 5.78. The lowest BCUT2D eigenvalue weighted by molar-refractivity contribution is -0.122. The second kappa shape index (κ2) is 7.75. The molecule has 1 rings (SSSR count). The molecule has 0 aromatic heterocycles.